The number of benzene rings is 2. The highest BCUT2D eigenvalue weighted by Gasteiger charge is 2.24. The first-order chi connectivity index (χ1) is 16.6. The molecule has 2 N–H and O–H groups in total. The molecule has 0 aliphatic rings. The van der Waals surface area contributed by atoms with E-state index >= 15 is 0 Å². The van der Waals surface area contributed by atoms with Crippen LogP contribution in [0.4, 0.5) is 5.69 Å². The van der Waals surface area contributed by atoms with Crippen molar-refractivity contribution in [2.45, 2.75) is 77.6 Å². The highest BCUT2D eigenvalue weighted by Crippen LogP contribution is 2.36. The lowest BCUT2D eigenvalue weighted by Gasteiger charge is -2.25. The topological polar surface area (TPSA) is 76.7 Å². The predicted octanol–water partition coefficient (Wildman–Crippen LogP) is 6.44. The minimum atomic E-state index is -0.192. The van der Waals surface area contributed by atoms with Crippen molar-refractivity contribution in [2.24, 2.45) is 0 Å². The Morgan fingerprint density at radius 1 is 0.971 bits per heavy atom. The Labute approximate surface area is 210 Å². The second-order valence-electron chi connectivity index (χ2n) is 10.00. The monoisotopic (exact) mass is 482 g/mol. The summed E-state index contributed by atoms with van der Waals surface area (Å²) < 4.78 is 11.0. The summed E-state index contributed by atoms with van der Waals surface area (Å²) in [4.78, 5) is 25.6. The zero-order valence-corrected chi connectivity index (χ0v) is 22.4. The van der Waals surface area contributed by atoms with Gasteiger partial charge in [0.1, 0.15) is 11.5 Å². The highest BCUT2D eigenvalue weighted by molar-refractivity contribution is 5.98. The Morgan fingerprint density at radius 3 is 2.31 bits per heavy atom. The fraction of sp³-hybridized carbons (Fsp3) is 0.517. The molecule has 2 rings (SSSR count). The van der Waals surface area contributed by atoms with Gasteiger partial charge in [-0.25, -0.2) is 0 Å². The maximum absolute atomic E-state index is 13.4. The van der Waals surface area contributed by atoms with Gasteiger partial charge in [-0.1, -0.05) is 65.5 Å². The summed E-state index contributed by atoms with van der Waals surface area (Å²) in [5, 5.41) is 5.77. The average Bonchev–Trinajstić information content (AvgIpc) is 2.84. The molecular weight excluding hydrogens is 440 g/mol. The van der Waals surface area contributed by atoms with Gasteiger partial charge < -0.3 is 20.1 Å². The molecule has 0 saturated carbocycles. The maximum Gasteiger partial charge on any atom is 0.251 e. The molecule has 0 radical (unpaired) electrons. The minimum absolute atomic E-state index is 0.00734. The molecule has 0 aromatic heterocycles. The van der Waals surface area contributed by atoms with Crippen LogP contribution < -0.4 is 20.1 Å². The number of hydrogen-bond acceptors (Lipinski definition) is 4. The van der Waals surface area contributed by atoms with Crippen molar-refractivity contribution < 1.29 is 19.1 Å². The molecule has 6 heteroatoms. The normalized spacial score (nSPS) is 12.1. The molecule has 0 bridgehead atoms. The standard InChI is InChI=1S/C29H42N2O4/c1-8-9-10-11-12-20(23-15-14-22(34-6)19-26(23)35-7)18-27(32)31-25-17-21(28(33)30-5)13-16-24(25)29(2,3)4/h13-17,19-20H,8-12,18H2,1-7H3,(H,30,33)(H,31,32). The van der Waals surface area contributed by atoms with Gasteiger partial charge in [-0.05, 0) is 47.1 Å². The van der Waals surface area contributed by atoms with E-state index < -0.39 is 0 Å². The van der Waals surface area contributed by atoms with Gasteiger partial charge in [-0.2, -0.15) is 0 Å². The van der Waals surface area contributed by atoms with Gasteiger partial charge in [0.25, 0.3) is 5.91 Å². The summed E-state index contributed by atoms with van der Waals surface area (Å²) in [7, 11) is 4.87. The van der Waals surface area contributed by atoms with Gasteiger partial charge in [0.2, 0.25) is 5.91 Å². The lowest BCUT2D eigenvalue weighted by atomic mass is 9.84. The third-order valence-electron chi connectivity index (χ3n) is 6.31. The summed E-state index contributed by atoms with van der Waals surface area (Å²) in [6.45, 7) is 8.47. The zero-order valence-electron chi connectivity index (χ0n) is 22.4. The maximum atomic E-state index is 13.4. The molecule has 1 atom stereocenters. The Hall–Kier alpha value is -3.02. The third-order valence-corrected chi connectivity index (χ3v) is 6.31. The number of unbranched alkanes of at least 4 members (excludes halogenated alkanes) is 3. The number of rotatable bonds is 12. The number of methoxy groups -OCH3 is 2. The SMILES string of the molecule is CCCCCCC(CC(=O)Nc1cc(C(=O)NC)ccc1C(C)(C)C)c1ccc(OC)cc1OC. The first-order valence-corrected chi connectivity index (χ1v) is 12.5. The number of amides is 2. The quantitative estimate of drug-likeness (QED) is 0.341. The smallest absolute Gasteiger partial charge is 0.251 e. The van der Waals surface area contributed by atoms with E-state index in [1.165, 1.54) is 6.42 Å². The van der Waals surface area contributed by atoms with Gasteiger partial charge >= 0.3 is 0 Å². The molecule has 192 valence electrons. The van der Waals surface area contributed by atoms with Gasteiger partial charge in [0, 0.05) is 30.8 Å². The molecule has 35 heavy (non-hydrogen) atoms. The van der Waals surface area contributed by atoms with Gasteiger partial charge in [0.05, 0.1) is 14.2 Å². The van der Waals surface area contributed by atoms with Crippen molar-refractivity contribution in [2.75, 3.05) is 26.6 Å². The number of nitrogens with one attached hydrogen (secondary N) is 2. The molecule has 0 aliphatic carbocycles. The third kappa shape index (κ3) is 8.01. The van der Waals surface area contributed by atoms with E-state index in [1.54, 1.807) is 33.4 Å². The molecule has 2 aromatic rings. The van der Waals surface area contributed by atoms with E-state index in [0.717, 1.165) is 48.3 Å². The average molecular weight is 483 g/mol. The summed E-state index contributed by atoms with van der Waals surface area (Å²) >= 11 is 0. The van der Waals surface area contributed by atoms with E-state index in [-0.39, 0.29) is 23.1 Å². The predicted molar refractivity (Wildman–Crippen MR) is 143 cm³/mol. The summed E-state index contributed by atoms with van der Waals surface area (Å²) in [6.07, 6.45) is 5.73. The van der Waals surface area contributed by atoms with E-state index in [4.69, 9.17) is 9.47 Å². The van der Waals surface area contributed by atoms with E-state index in [1.807, 2.05) is 24.3 Å². The lowest BCUT2D eigenvalue weighted by Crippen LogP contribution is -2.22. The second kappa shape index (κ2) is 13.2. The van der Waals surface area contributed by atoms with Crippen LogP contribution in [0.25, 0.3) is 0 Å². The van der Waals surface area contributed by atoms with Gasteiger partial charge in [-0.3, -0.25) is 9.59 Å². The van der Waals surface area contributed by atoms with Crippen molar-refractivity contribution in [3.63, 3.8) is 0 Å². The van der Waals surface area contributed by atoms with E-state index in [9.17, 15) is 9.59 Å². The summed E-state index contributed by atoms with van der Waals surface area (Å²) in [5.74, 6) is 1.20. The molecule has 0 aliphatic heterocycles. The van der Waals surface area contributed by atoms with Crippen molar-refractivity contribution in [3.05, 3.63) is 53.1 Å². The van der Waals surface area contributed by atoms with Crippen LogP contribution in [-0.2, 0) is 10.2 Å². The van der Waals surface area contributed by atoms with Crippen molar-refractivity contribution >= 4 is 17.5 Å². The summed E-state index contributed by atoms with van der Waals surface area (Å²) in [5.41, 5.74) is 3.00. The first-order valence-electron chi connectivity index (χ1n) is 12.5. The van der Waals surface area contributed by atoms with Crippen molar-refractivity contribution in [1.82, 2.24) is 5.32 Å². The number of anilines is 1. The molecule has 6 nitrogen and oxygen atoms in total. The minimum Gasteiger partial charge on any atom is -0.497 e. The fourth-order valence-corrected chi connectivity index (χ4v) is 4.35. The van der Waals surface area contributed by atoms with Crippen LogP contribution in [0, 0.1) is 0 Å². The van der Waals surface area contributed by atoms with Gasteiger partial charge in [0.15, 0.2) is 0 Å². The Balaban J connectivity index is 2.34. The zero-order chi connectivity index (χ0) is 26.0. The Morgan fingerprint density at radius 2 is 1.71 bits per heavy atom. The molecule has 0 heterocycles. The largest absolute Gasteiger partial charge is 0.497 e. The van der Waals surface area contributed by atoms with Crippen LogP contribution in [0.5, 0.6) is 11.5 Å². The lowest BCUT2D eigenvalue weighted by molar-refractivity contribution is -0.116. The molecular formula is C29H42N2O4. The number of hydrogen-bond donors (Lipinski definition) is 2. The molecule has 0 spiro atoms. The molecule has 0 fully saturated rings. The van der Waals surface area contributed by atoms with Crippen LogP contribution in [0.3, 0.4) is 0 Å². The van der Waals surface area contributed by atoms with Crippen LogP contribution in [0.2, 0.25) is 0 Å². The molecule has 1 unspecified atom stereocenters. The fourth-order valence-electron chi connectivity index (χ4n) is 4.35. The van der Waals surface area contributed by atoms with Crippen LogP contribution in [0.15, 0.2) is 36.4 Å². The van der Waals surface area contributed by atoms with Gasteiger partial charge in [-0.15, -0.1) is 0 Å². The van der Waals surface area contributed by atoms with Crippen LogP contribution >= 0.6 is 0 Å². The van der Waals surface area contributed by atoms with Crippen molar-refractivity contribution in [1.29, 1.82) is 0 Å². The van der Waals surface area contributed by atoms with E-state index in [0.29, 0.717) is 17.7 Å². The Kier molecular flexibility index (Phi) is 10.6. The van der Waals surface area contributed by atoms with Crippen LogP contribution in [0.1, 0.15) is 93.6 Å². The molecule has 0 saturated heterocycles. The molecule has 2 aromatic carbocycles. The van der Waals surface area contributed by atoms with Crippen LogP contribution in [-0.4, -0.2) is 33.1 Å². The first kappa shape index (κ1) is 28.2. The number of carbonyl (C=O) groups excluding carboxylic acids is 2. The molecule has 2 amide bonds. The van der Waals surface area contributed by atoms with E-state index in [2.05, 4.69) is 38.3 Å². The number of ether oxygens (including phenoxy) is 2. The second-order valence-corrected chi connectivity index (χ2v) is 10.00. The Bertz CT molecular complexity index is 995. The van der Waals surface area contributed by atoms with Crippen molar-refractivity contribution in [3.8, 4) is 11.5 Å². The number of carbonyl (C=O) groups is 2. The summed E-state index contributed by atoms with van der Waals surface area (Å²) in [6, 6.07) is 11.3. The highest BCUT2D eigenvalue weighted by atomic mass is 16.5.